The van der Waals surface area contributed by atoms with Crippen LogP contribution in [0.4, 0.5) is 0 Å². The third-order valence-corrected chi connectivity index (χ3v) is 4.82. The van der Waals surface area contributed by atoms with Crippen molar-refractivity contribution in [3.8, 4) is 0 Å². The number of hydrogen-bond donors (Lipinski definition) is 0. The highest BCUT2D eigenvalue weighted by molar-refractivity contribution is 9.10. The van der Waals surface area contributed by atoms with Crippen LogP contribution in [-0.2, 0) is 14.3 Å². The molecule has 0 N–H and O–H groups in total. The molecule has 0 spiro atoms. The fraction of sp³-hybridized carbons (Fsp3) is 0.500. The summed E-state index contributed by atoms with van der Waals surface area (Å²) >= 11 is 3.35. The van der Waals surface area contributed by atoms with Crippen LogP contribution < -0.4 is 0 Å². The van der Waals surface area contributed by atoms with Crippen LogP contribution in [-0.4, -0.2) is 60.9 Å². The first-order valence-corrected chi connectivity index (χ1v) is 9.05. The van der Waals surface area contributed by atoms with Crippen LogP contribution in [0.25, 0.3) is 0 Å². The van der Waals surface area contributed by atoms with Crippen LogP contribution in [0.3, 0.4) is 0 Å². The van der Waals surface area contributed by atoms with Crippen molar-refractivity contribution in [3.05, 3.63) is 34.3 Å². The Morgan fingerprint density at radius 2 is 1.72 bits per heavy atom. The summed E-state index contributed by atoms with van der Waals surface area (Å²) in [5.41, 5.74) is 0.634. The Kier molecular flexibility index (Phi) is 6.58. The number of halogens is 1. The van der Waals surface area contributed by atoms with E-state index in [1.54, 1.807) is 38.1 Å². The number of esters is 1. The van der Waals surface area contributed by atoms with Gasteiger partial charge in [0.25, 0.3) is 11.8 Å². The molecule has 1 aromatic rings. The van der Waals surface area contributed by atoms with Crippen molar-refractivity contribution in [1.29, 1.82) is 0 Å². The van der Waals surface area contributed by atoms with Crippen LogP contribution in [0.15, 0.2) is 28.7 Å². The van der Waals surface area contributed by atoms with Gasteiger partial charge in [0.05, 0.1) is 5.92 Å². The predicted molar refractivity (Wildman–Crippen MR) is 97.0 cm³/mol. The summed E-state index contributed by atoms with van der Waals surface area (Å²) in [5, 5.41) is 0. The molecule has 2 amide bonds. The highest BCUT2D eigenvalue weighted by atomic mass is 79.9. The van der Waals surface area contributed by atoms with Crippen molar-refractivity contribution >= 4 is 33.7 Å². The van der Waals surface area contributed by atoms with E-state index >= 15 is 0 Å². The van der Waals surface area contributed by atoms with Crippen LogP contribution >= 0.6 is 15.9 Å². The van der Waals surface area contributed by atoms with E-state index in [0.717, 1.165) is 4.47 Å². The average Bonchev–Trinajstić information content (AvgIpc) is 2.61. The lowest BCUT2D eigenvalue weighted by Gasteiger charge is -2.31. The number of ether oxygens (including phenoxy) is 1. The van der Waals surface area contributed by atoms with Crippen LogP contribution in [0, 0.1) is 5.92 Å². The van der Waals surface area contributed by atoms with Crippen molar-refractivity contribution in [1.82, 2.24) is 9.80 Å². The summed E-state index contributed by atoms with van der Waals surface area (Å²) in [6.07, 6.45) is 0.304. The summed E-state index contributed by atoms with van der Waals surface area (Å²) in [4.78, 5) is 39.6. The number of carbonyl (C=O) groups is 3. The molecule has 0 aliphatic carbocycles. The molecule has 7 heteroatoms. The number of piperidine rings is 1. The standard InChI is InChI=1S/C18H23BrN2O4/c1-12(16(22)20(2)3)25-18(24)14-8-10-21(11-9-14)17(23)13-4-6-15(19)7-5-13/h4-7,12,14H,8-11H2,1-3H3/t12-/m0/s1. The van der Waals surface area contributed by atoms with E-state index in [9.17, 15) is 14.4 Å². The Labute approximate surface area is 156 Å². The Balaban J connectivity index is 1.86. The molecule has 0 saturated carbocycles. The van der Waals surface area contributed by atoms with Crippen LogP contribution in [0.2, 0.25) is 0 Å². The van der Waals surface area contributed by atoms with Gasteiger partial charge in [0.2, 0.25) is 0 Å². The molecule has 0 aromatic heterocycles. The van der Waals surface area contributed by atoms with E-state index < -0.39 is 6.10 Å². The Hall–Kier alpha value is -1.89. The zero-order valence-corrected chi connectivity index (χ0v) is 16.3. The quantitative estimate of drug-likeness (QED) is 0.714. The van der Waals surface area contributed by atoms with Gasteiger partial charge >= 0.3 is 5.97 Å². The third kappa shape index (κ3) is 5.04. The Morgan fingerprint density at radius 1 is 1.16 bits per heavy atom. The van der Waals surface area contributed by atoms with Gasteiger partial charge in [0.1, 0.15) is 0 Å². The summed E-state index contributed by atoms with van der Waals surface area (Å²) in [5.74, 6) is -0.906. The molecular formula is C18H23BrN2O4. The van der Waals surface area contributed by atoms with Crippen molar-refractivity contribution in [2.75, 3.05) is 27.2 Å². The largest absolute Gasteiger partial charge is 0.452 e. The highest BCUT2D eigenvalue weighted by Crippen LogP contribution is 2.21. The van der Waals surface area contributed by atoms with Crippen molar-refractivity contribution in [3.63, 3.8) is 0 Å². The zero-order valence-electron chi connectivity index (χ0n) is 14.7. The molecule has 136 valence electrons. The van der Waals surface area contributed by atoms with E-state index in [2.05, 4.69) is 15.9 Å². The lowest BCUT2D eigenvalue weighted by atomic mass is 9.96. The molecule has 1 atom stereocenters. The van der Waals surface area contributed by atoms with Gasteiger partial charge in [-0.05, 0) is 44.0 Å². The van der Waals surface area contributed by atoms with E-state index in [1.807, 2.05) is 12.1 Å². The fourth-order valence-electron chi connectivity index (χ4n) is 2.78. The predicted octanol–water partition coefficient (Wildman–Crippen LogP) is 2.32. The van der Waals surface area contributed by atoms with Gasteiger partial charge in [-0.2, -0.15) is 0 Å². The molecule has 1 heterocycles. The van der Waals surface area contributed by atoms with Crippen LogP contribution in [0.5, 0.6) is 0 Å². The number of benzene rings is 1. The van der Waals surface area contributed by atoms with E-state index in [4.69, 9.17) is 4.74 Å². The molecule has 0 radical (unpaired) electrons. The van der Waals surface area contributed by atoms with E-state index in [0.29, 0.717) is 31.5 Å². The molecule has 0 unspecified atom stereocenters. The molecule has 1 saturated heterocycles. The normalized spacial score (nSPS) is 16.2. The number of rotatable bonds is 4. The SMILES string of the molecule is C[C@H](OC(=O)C1CCN(C(=O)c2ccc(Br)cc2)CC1)C(=O)N(C)C. The molecule has 25 heavy (non-hydrogen) atoms. The number of amides is 2. The lowest BCUT2D eigenvalue weighted by Crippen LogP contribution is -2.42. The van der Waals surface area contributed by atoms with Crippen molar-refractivity contribution in [2.45, 2.75) is 25.9 Å². The minimum absolute atomic E-state index is 0.0320. The van der Waals surface area contributed by atoms with Crippen LogP contribution in [0.1, 0.15) is 30.1 Å². The molecule has 1 aliphatic rings. The van der Waals surface area contributed by atoms with Gasteiger partial charge in [0.15, 0.2) is 6.10 Å². The summed E-state index contributed by atoms with van der Waals surface area (Å²) in [6, 6.07) is 7.23. The molecule has 1 aliphatic heterocycles. The first kappa shape index (κ1) is 19.4. The second-order valence-electron chi connectivity index (χ2n) is 6.39. The van der Waals surface area contributed by atoms with Gasteiger partial charge < -0.3 is 14.5 Å². The van der Waals surface area contributed by atoms with Gasteiger partial charge in [-0.3, -0.25) is 14.4 Å². The maximum atomic E-state index is 12.5. The second-order valence-corrected chi connectivity index (χ2v) is 7.30. The Bertz CT molecular complexity index is 637. The molecular weight excluding hydrogens is 388 g/mol. The molecule has 0 bridgehead atoms. The van der Waals surface area contributed by atoms with Crippen molar-refractivity contribution < 1.29 is 19.1 Å². The second kappa shape index (κ2) is 8.47. The smallest absolute Gasteiger partial charge is 0.309 e. The maximum Gasteiger partial charge on any atom is 0.309 e. The zero-order chi connectivity index (χ0) is 18.6. The van der Waals surface area contributed by atoms with Gasteiger partial charge in [-0.15, -0.1) is 0 Å². The van der Waals surface area contributed by atoms with Gasteiger partial charge in [0, 0.05) is 37.2 Å². The molecule has 6 nitrogen and oxygen atoms in total. The summed E-state index contributed by atoms with van der Waals surface area (Å²) < 4.78 is 6.19. The number of hydrogen-bond acceptors (Lipinski definition) is 4. The first-order valence-electron chi connectivity index (χ1n) is 8.26. The topological polar surface area (TPSA) is 66.9 Å². The summed E-state index contributed by atoms with van der Waals surface area (Å²) in [7, 11) is 3.25. The first-order chi connectivity index (χ1) is 11.8. The number of carbonyl (C=O) groups excluding carboxylic acids is 3. The average molecular weight is 411 g/mol. The molecule has 1 aromatic carbocycles. The number of likely N-dealkylation sites (N-methyl/N-ethyl adjacent to an activating group) is 1. The Morgan fingerprint density at radius 3 is 2.24 bits per heavy atom. The highest BCUT2D eigenvalue weighted by Gasteiger charge is 2.31. The lowest BCUT2D eigenvalue weighted by molar-refractivity contribution is -0.162. The van der Waals surface area contributed by atoms with Gasteiger partial charge in [-0.1, -0.05) is 15.9 Å². The third-order valence-electron chi connectivity index (χ3n) is 4.29. The molecule has 1 fully saturated rings. The van der Waals surface area contributed by atoms with E-state index in [1.165, 1.54) is 4.90 Å². The minimum atomic E-state index is -0.787. The van der Waals surface area contributed by atoms with Crippen molar-refractivity contribution in [2.24, 2.45) is 5.92 Å². The van der Waals surface area contributed by atoms with E-state index in [-0.39, 0.29) is 23.7 Å². The minimum Gasteiger partial charge on any atom is -0.452 e. The van der Waals surface area contributed by atoms with Gasteiger partial charge in [-0.25, -0.2) is 0 Å². The maximum absolute atomic E-state index is 12.5. The number of likely N-dealkylation sites (tertiary alicyclic amines) is 1. The fourth-order valence-corrected chi connectivity index (χ4v) is 3.04. The number of nitrogens with zero attached hydrogens (tertiary/aromatic N) is 2. The summed E-state index contributed by atoms with van der Waals surface area (Å²) in [6.45, 7) is 2.59. The molecule has 2 rings (SSSR count). The monoisotopic (exact) mass is 410 g/mol.